The van der Waals surface area contributed by atoms with Crippen LogP contribution in [-0.2, 0) is 7.05 Å². The molecule has 0 unspecified atom stereocenters. The number of benzene rings is 1. The minimum Gasteiger partial charge on any atom is -0.507 e. The quantitative estimate of drug-likeness (QED) is 0.850. The lowest BCUT2D eigenvalue weighted by Gasteiger charge is -2.12. The van der Waals surface area contributed by atoms with Crippen molar-refractivity contribution in [3.63, 3.8) is 0 Å². The molecule has 0 saturated heterocycles. The van der Waals surface area contributed by atoms with E-state index in [0.29, 0.717) is 11.6 Å². The number of aromatic nitrogens is 2. The van der Waals surface area contributed by atoms with Gasteiger partial charge in [-0.05, 0) is 25.5 Å². The zero-order chi connectivity index (χ0) is 12.7. The van der Waals surface area contributed by atoms with Crippen molar-refractivity contribution >= 4 is 21.7 Å². The highest BCUT2D eigenvalue weighted by Crippen LogP contribution is 2.40. The molecule has 2 rings (SSSR count). The van der Waals surface area contributed by atoms with Crippen molar-refractivity contribution in [2.45, 2.75) is 13.8 Å². The number of phenolic OH excluding ortho intramolecular Hbond substituents is 1. The van der Waals surface area contributed by atoms with Crippen molar-refractivity contribution in [1.29, 1.82) is 0 Å². The van der Waals surface area contributed by atoms with Crippen molar-refractivity contribution in [2.75, 3.05) is 5.73 Å². The number of halogens is 1. The Labute approximate surface area is 108 Å². The van der Waals surface area contributed by atoms with Gasteiger partial charge in [-0.15, -0.1) is 0 Å². The minimum absolute atomic E-state index is 0.298. The summed E-state index contributed by atoms with van der Waals surface area (Å²) in [5, 5.41) is 14.1. The van der Waals surface area contributed by atoms with Crippen LogP contribution in [0.4, 0.5) is 5.82 Å². The van der Waals surface area contributed by atoms with E-state index >= 15 is 0 Å². The Morgan fingerprint density at radius 2 is 2.06 bits per heavy atom. The maximum atomic E-state index is 9.98. The van der Waals surface area contributed by atoms with Gasteiger partial charge in [-0.3, -0.25) is 4.68 Å². The van der Waals surface area contributed by atoms with Crippen molar-refractivity contribution in [3.8, 4) is 16.9 Å². The number of anilines is 1. The second kappa shape index (κ2) is 4.07. The maximum Gasteiger partial charge on any atom is 0.129 e. The predicted octanol–water partition coefficient (Wildman–Crippen LogP) is 2.75. The van der Waals surface area contributed by atoms with Crippen LogP contribution >= 0.6 is 15.9 Å². The number of hydrogen-bond donors (Lipinski definition) is 2. The topological polar surface area (TPSA) is 64.1 Å². The van der Waals surface area contributed by atoms with Crippen LogP contribution in [0.15, 0.2) is 16.7 Å². The SMILES string of the molecule is Cc1cc(Br)c(-c2cnn(C)c2N)c(C)c1O. The standard InChI is InChI=1S/C12H14BrN3O/c1-6-4-9(13)10(7(2)11(6)17)8-5-15-16(3)12(8)14/h4-5,17H,14H2,1-3H3. The van der Waals surface area contributed by atoms with E-state index in [1.54, 1.807) is 17.9 Å². The molecule has 17 heavy (non-hydrogen) atoms. The van der Waals surface area contributed by atoms with Crippen LogP contribution in [0.1, 0.15) is 11.1 Å². The normalized spacial score (nSPS) is 10.8. The predicted molar refractivity (Wildman–Crippen MR) is 71.9 cm³/mol. The summed E-state index contributed by atoms with van der Waals surface area (Å²) >= 11 is 3.51. The van der Waals surface area contributed by atoms with Gasteiger partial charge in [0.2, 0.25) is 0 Å². The van der Waals surface area contributed by atoms with Gasteiger partial charge in [0.1, 0.15) is 11.6 Å². The van der Waals surface area contributed by atoms with Gasteiger partial charge in [0.25, 0.3) is 0 Å². The Hall–Kier alpha value is -1.49. The number of nitrogen functional groups attached to an aromatic ring is 1. The summed E-state index contributed by atoms with van der Waals surface area (Å²) in [6.07, 6.45) is 1.71. The lowest BCUT2D eigenvalue weighted by molar-refractivity contribution is 0.467. The summed E-state index contributed by atoms with van der Waals surface area (Å²) in [5.74, 6) is 0.878. The molecule has 0 radical (unpaired) electrons. The fraction of sp³-hybridized carbons (Fsp3) is 0.250. The average molecular weight is 296 g/mol. The Morgan fingerprint density at radius 1 is 1.41 bits per heavy atom. The number of rotatable bonds is 1. The summed E-state index contributed by atoms with van der Waals surface area (Å²) < 4.78 is 2.52. The molecule has 2 aromatic rings. The van der Waals surface area contributed by atoms with E-state index in [1.807, 2.05) is 19.9 Å². The van der Waals surface area contributed by atoms with Crippen molar-refractivity contribution < 1.29 is 5.11 Å². The first-order valence-electron chi connectivity index (χ1n) is 5.20. The molecule has 0 fully saturated rings. The molecule has 0 aliphatic carbocycles. The summed E-state index contributed by atoms with van der Waals surface area (Å²) in [6.45, 7) is 3.73. The highest BCUT2D eigenvalue weighted by atomic mass is 79.9. The van der Waals surface area contributed by atoms with Gasteiger partial charge in [0, 0.05) is 28.2 Å². The van der Waals surface area contributed by atoms with E-state index in [0.717, 1.165) is 26.7 Å². The van der Waals surface area contributed by atoms with E-state index in [4.69, 9.17) is 5.73 Å². The van der Waals surface area contributed by atoms with Gasteiger partial charge in [-0.25, -0.2) is 0 Å². The number of aryl methyl sites for hydroxylation is 2. The molecular weight excluding hydrogens is 282 g/mol. The number of phenols is 1. The van der Waals surface area contributed by atoms with Crippen LogP contribution in [0.2, 0.25) is 0 Å². The summed E-state index contributed by atoms with van der Waals surface area (Å²) in [5.41, 5.74) is 9.31. The third-order valence-corrected chi connectivity index (χ3v) is 3.57. The molecule has 0 amide bonds. The second-order valence-corrected chi connectivity index (χ2v) is 4.95. The van der Waals surface area contributed by atoms with Crippen LogP contribution in [0.3, 0.4) is 0 Å². The van der Waals surface area contributed by atoms with Crippen LogP contribution < -0.4 is 5.73 Å². The van der Waals surface area contributed by atoms with Crippen molar-refractivity contribution in [1.82, 2.24) is 9.78 Å². The second-order valence-electron chi connectivity index (χ2n) is 4.09. The molecule has 0 atom stereocenters. The van der Waals surface area contributed by atoms with Crippen molar-refractivity contribution in [3.05, 3.63) is 27.9 Å². The van der Waals surface area contributed by atoms with E-state index in [9.17, 15) is 5.11 Å². The van der Waals surface area contributed by atoms with Gasteiger partial charge in [-0.1, -0.05) is 15.9 Å². The average Bonchev–Trinajstić information content (AvgIpc) is 2.58. The van der Waals surface area contributed by atoms with Crippen LogP contribution in [0.5, 0.6) is 5.75 Å². The number of nitrogens with zero attached hydrogens (tertiary/aromatic N) is 2. The highest BCUT2D eigenvalue weighted by molar-refractivity contribution is 9.10. The molecule has 90 valence electrons. The minimum atomic E-state index is 0.298. The lowest BCUT2D eigenvalue weighted by Crippen LogP contribution is -1.99. The lowest BCUT2D eigenvalue weighted by atomic mass is 9.99. The molecule has 5 heteroatoms. The first kappa shape index (κ1) is 12.0. The van der Waals surface area contributed by atoms with E-state index in [1.165, 1.54) is 0 Å². The van der Waals surface area contributed by atoms with E-state index < -0.39 is 0 Å². The third kappa shape index (κ3) is 1.80. The van der Waals surface area contributed by atoms with Crippen LogP contribution in [0, 0.1) is 13.8 Å². The Kier molecular flexibility index (Phi) is 2.87. The fourth-order valence-electron chi connectivity index (χ4n) is 1.89. The van der Waals surface area contributed by atoms with Gasteiger partial charge < -0.3 is 10.8 Å². The zero-order valence-corrected chi connectivity index (χ0v) is 11.5. The molecule has 3 N–H and O–H groups in total. The molecule has 0 aliphatic heterocycles. The third-order valence-electron chi connectivity index (χ3n) is 2.94. The summed E-state index contributed by atoms with van der Waals surface area (Å²) in [7, 11) is 1.79. The maximum absolute atomic E-state index is 9.98. The first-order valence-corrected chi connectivity index (χ1v) is 5.99. The van der Waals surface area contributed by atoms with Crippen LogP contribution in [-0.4, -0.2) is 14.9 Å². The van der Waals surface area contributed by atoms with Gasteiger partial charge >= 0.3 is 0 Å². The molecule has 0 spiro atoms. The Morgan fingerprint density at radius 3 is 2.59 bits per heavy atom. The molecule has 4 nitrogen and oxygen atoms in total. The molecule has 1 aromatic heterocycles. The summed E-state index contributed by atoms with van der Waals surface area (Å²) in [4.78, 5) is 0. The molecular formula is C12H14BrN3O. The van der Waals surface area contributed by atoms with Crippen LogP contribution in [0.25, 0.3) is 11.1 Å². The largest absolute Gasteiger partial charge is 0.507 e. The number of aromatic hydroxyl groups is 1. The van der Waals surface area contributed by atoms with Gasteiger partial charge in [-0.2, -0.15) is 5.10 Å². The molecule has 1 aromatic carbocycles. The Balaban J connectivity index is 2.76. The summed E-state index contributed by atoms with van der Waals surface area (Å²) in [6, 6.07) is 1.88. The first-order chi connectivity index (χ1) is 7.93. The molecule has 0 bridgehead atoms. The number of hydrogen-bond acceptors (Lipinski definition) is 3. The monoisotopic (exact) mass is 295 g/mol. The fourth-order valence-corrected chi connectivity index (χ4v) is 2.75. The molecule has 1 heterocycles. The smallest absolute Gasteiger partial charge is 0.129 e. The van der Waals surface area contributed by atoms with Gasteiger partial charge in [0.15, 0.2) is 0 Å². The van der Waals surface area contributed by atoms with E-state index in [2.05, 4.69) is 21.0 Å². The highest BCUT2D eigenvalue weighted by Gasteiger charge is 2.17. The molecule has 0 aliphatic rings. The zero-order valence-electron chi connectivity index (χ0n) is 9.95. The molecule has 0 saturated carbocycles. The van der Waals surface area contributed by atoms with Crippen molar-refractivity contribution in [2.24, 2.45) is 7.05 Å². The van der Waals surface area contributed by atoms with E-state index in [-0.39, 0.29) is 0 Å². The Bertz CT molecular complexity index is 590. The number of nitrogens with two attached hydrogens (primary N) is 1. The van der Waals surface area contributed by atoms with Gasteiger partial charge in [0.05, 0.1) is 6.20 Å².